The Hall–Kier alpha value is -1.20. The van der Waals surface area contributed by atoms with Crippen molar-refractivity contribution in [1.82, 2.24) is 0 Å². The number of carboxylic acids is 1. The van der Waals surface area contributed by atoms with E-state index < -0.39 is 5.97 Å². The molecule has 0 radical (unpaired) electrons. The van der Waals surface area contributed by atoms with E-state index in [2.05, 4.69) is 0 Å². The molecule has 0 bridgehead atoms. The lowest BCUT2D eigenvalue weighted by atomic mass is 10.2. The van der Waals surface area contributed by atoms with Gasteiger partial charge in [-0.1, -0.05) is 0 Å². The molecule has 1 aliphatic rings. The molecule has 1 N–H and O–H groups in total. The molecular formula is C14H18O4S. The standard InChI is InChI=1S/C14H18O4S/c15-14(16)11-3-5-12(6-4-11)18-8-9-19-10-13-2-1-7-17-13/h3-6,13H,1-2,7-10H2,(H,15,16). The predicted molar refractivity (Wildman–Crippen MR) is 75.2 cm³/mol. The number of hydrogen-bond acceptors (Lipinski definition) is 4. The largest absolute Gasteiger partial charge is 0.493 e. The maximum atomic E-state index is 10.7. The Morgan fingerprint density at radius 3 is 2.84 bits per heavy atom. The third-order valence-electron chi connectivity index (χ3n) is 2.93. The molecule has 1 atom stereocenters. The van der Waals surface area contributed by atoms with E-state index in [0.717, 1.165) is 18.1 Å². The number of ether oxygens (including phenoxy) is 2. The average molecular weight is 282 g/mol. The van der Waals surface area contributed by atoms with Gasteiger partial charge in [-0.05, 0) is 37.1 Å². The van der Waals surface area contributed by atoms with E-state index in [4.69, 9.17) is 14.6 Å². The summed E-state index contributed by atoms with van der Waals surface area (Å²) in [5.74, 6) is 1.74. The molecule has 0 aliphatic carbocycles. The van der Waals surface area contributed by atoms with Crippen LogP contribution in [0.15, 0.2) is 24.3 Å². The first kappa shape index (κ1) is 14.2. The summed E-state index contributed by atoms with van der Waals surface area (Å²) < 4.78 is 11.1. The van der Waals surface area contributed by atoms with Crippen LogP contribution < -0.4 is 4.74 Å². The van der Waals surface area contributed by atoms with E-state index in [-0.39, 0.29) is 5.56 Å². The van der Waals surface area contributed by atoms with Crippen LogP contribution in [0.1, 0.15) is 23.2 Å². The highest BCUT2D eigenvalue weighted by molar-refractivity contribution is 7.99. The molecule has 0 aromatic heterocycles. The zero-order valence-corrected chi connectivity index (χ0v) is 11.5. The monoisotopic (exact) mass is 282 g/mol. The first-order chi connectivity index (χ1) is 9.25. The van der Waals surface area contributed by atoms with Crippen molar-refractivity contribution in [1.29, 1.82) is 0 Å². The zero-order valence-electron chi connectivity index (χ0n) is 10.7. The molecule has 104 valence electrons. The van der Waals surface area contributed by atoms with E-state index in [1.54, 1.807) is 24.3 Å². The molecule has 1 saturated heterocycles. The summed E-state index contributed by atoms with van der Waals surface area (Å²) in [5.41, 5.74) is 0.278. The maximum absolute atomic E-state index is 10.7. The van der Waals surface area contributed by atoms with Crippen LogP contribution in [-0.4, -0.2) is 41.9 Å². The summed E-state index contributed by atoms with van der Waals surface area (Å²) in [7, 11) is 0. The van der Waals surface area contributed by atoms with Gasteiger partial charge in [-0.25, -0.2) is 4.79 Å². The second-order valence-corrected chi connectivity index (χ2v) is 5.54. The van der Waals surface area contributed by atoms with Gasteiger partial charge in [-0.3, -0.25) is 0 Å². The van der Waals surface area contributed by atoms with Gasteiger partial charge in [0.25, 0.3) is 0 Å². The third-order valence-corrected chi connectivity index (χ3v) is 3.99. The van der Waals surface area contributed by atoms with Crippen LogP contribution in [-0.2, 0) is 4.74 Å². The second kappa shape index (κ2) is 7.40. The highest BCUT2D eigenvalue weighted by atomic mass is 32.2. The van der Waals surface area contributed by atoms with Crippen molar-refractivity contribution in [3.63, 3.8) is 0 Å². The quantitative estimate of drug-likeness (QED) is 0.779. The van der Waals surface area contributed by atoms with Crippen molar-refractivity contribution in [2.24, 2.45) is 0 Å². The molecule has 1 heterocycles. The number of rotatable bonds is 7. The summed E-state index contributed by atoms with van der Waals surface area (Å²) in [5, 5.41) is 8.77. The Kier molecular flexibility index (Phi) is 5.54. The Morgan fingerprint density at radius 2 is 2.21 bits per heavy atom. The van der Waals surface area contributed by atoms with Gasteiger partial charge < -0.3 is 14.6 Å². The fourth-order valence-corrected chi connectivity index (χ4v) is 2.80. The summed E-state index contributed by atoms with van der Waals surface area (Å²) in [6, 6.07) is 6.48. The van der Waals surface area contributed by atoms with Gasteiger partial charge in [0.2, 0.25) is 0 Å². The Morgan fingerprint density at radius 1 is 1.42 bits per heavy atom. The van der Waals surface area contributed by atoms with E-state index in [1.165, 1.54) is 12.8 Å². The van der Waals surface area contributed by atoms with Gasteiger partial charge in [0.05, 0.1) is 18.3 Å². The van der Waals surface area contributed by atoms with Crippen LogP contribution in [0.4, 0.5) is 0 Å². The Bertz CT molecular complexity index is 398. The number of hydrogen-bond donors (Lipinski definition) is 1. The molecule has 2 rings (SSSR count). The van der Waals surface area contributed by atoms with Gasteiger partial charge in [-0.2, -0.15) is 11.8 Å². The first-order valence-corrected chi connectivity index (χ1v) is 7.56. The van der Waals surface area contributed by atoms with Gasteiger partial charge >= 0.3 is 5.97 Å². The maximum Gasteiger partial charge on any atom is 0.335 e. The van der Waals surface area contributed by atoms with Crippen LogP contribution in [0.3, 0.4) is 0 Å². The number of carboxylic acid groups (broad SMARTS) is 1. The highest BCUT2D eigenvalue weighted by Gasteiger charge is 2.14. The molecule has 5 heteroatoms. The molecule has 1 aromatic rings. The molecule has 1 fully saturated rings. The smallest absolute Gasteiger partial charge is 0.335 e. The molecule has 1 unspecified atom stereocenters. The lowest BCUT2D eigenvalue weighted by Gasteiger charge is -2.09. The first-order valence-electron chi connectivity index (χ1n) is 6.41. The number of benzene rings is 1. The number of aromatic carboxylic acids is 1. The van der Waals surface area contributed by atoms with Gasteiger partial charge in [0.1, 0.15) is 5.75 Å². The molecular weight excluding hydrogens is 264 g/mol. The van der Waals surface area contributed by atoms with Crippen molar-refractivity contribution in [2.45, 2.75) is 18.9 Å². The van der Waals surface area contributed by atoms with Crippen LogP contribution in [0.25, 0.3) is 0 Å². The topological polar surface area (TPSA) is 55.8 Å². The second-order valence-electron chi connectivity index (χ2n) is 4.39. The van der Waals surface area contributed by atoms with Gasteiger partial charge in [0.15, 0.2) is 0 Å². The van der Waals surface area contributed by atoms with E-state index >= 15 is 0 Å². The predicted octanol–water partition coefficient (Wildman–Crippen LogP) is 2.68. The van der Waals surface area contributed by atoms with E-state index in [9.17, 15) is 4.79 Å². The highest BCUT2D eigenvalue weighted by Crippen LogP contribution is 2.17. The van der Waals surface area contributed by atoms with Crippen molar-refractivity contribution in [3.8, 4) is 5.75 Å². The molecule has 1 aliphatic heterocycles. The van der Waals surface area contributed by atoms with Gasteiger partial charge in [-0.15, -0.1) is 0 Å². The van der Waals surface area contributed by atoms with Crippen molar-refractivity contribution in [2.75, 3.05) is 24.7 Å². The molecule has 0 saturated carbocycles. The minimum Gasteiger partial charge on any atom is -0.493 e. The summed E-state index contributed by atoms with van der Waals surface area (Å²) in [6.07, 6.45) is 2.77. The summed E-state index contributed by atoms with van der Waals surface area (Å²) in [4.78, 5) is 10.7. The van der Waals surface area contributed by atoms with Crippen molar-refractivity contribution < 1.29 is 19.4 Å². The van der Waals surface area contributed by atoms with Crippen molar-refractivity contribution >= 4 is 17.7 Å². The Labute approximate surface area is 117 Å². The normalized spacial score (nSPS) is 18.4. The van der Waals surface area contributed by atoms with Crippen LogP contribution >= 0.6 is 11.8 Å². The molecule has 0 spiro atoms. The zero-order chi connectivity index (χ0) is 13.5. The number of carbonyl (C=O) groups is 1. The molecule has 19 heavy (non-hydrogen) atoms. The lowest BCUT2D eigenvalue weighted by molar-refractivity contribution is 0.0697. The minimum absolute atomic E-state index is 0.278. The molecule has 0 amide bonds. The van der Waals surface area contributed by atoms with Crippen LogP contribution in [0.5, 0.6) is 5.75 Å². The minimum atomic E-state index is -0.918. The Balaban J connectivity index is 1.61. The van der Waals surface area contributed by atoms with Crippen molar-refractivity contribution in [3.05, 3.63) is 29.8 Å². The average Bonchev–Trinajstić information content (AvgIpc) is 2.92. The number of thioether (sulfide) groups is 1. The van der Waals surface area contributed by atoms with Gasteiger partial charge in [0, 0.05) is 18.1 Å². The summed E-state index contributed by atoms with van der Waals surface area (Å²) >= 11 is 1.83. The fraction of sp³-hybridized carbons (Fsp3) is 0.500. The van der Waals surface area contributed by atoms with Crippen LogP contribution in [0, 0.1) is 0 Å². The lowest BCUT2D eigenvalue weighted by Crippen LogP contribution is -2.10. The molecule has 1 aromatic carbocycles. The van der Waals surface area contributed by atoms with E-state index in [0.29, 0.717) is 18.5 Å². The summed E-state index contributed by atoms with van der Waals surface area (Å²) in [6.45, 7) is 1.53. The third kappa shape index (κ3) is 4.76. The fourth-order valence-electron chi connectivity index (χ4n) is 1.90. The SMILES string of the molecule is O=C(O)c1ccc(OCCSCC2CCCO2)cc1. The van der Waals surface area contributed by atoms with E-state index in [1.807, 2.05) is 11.8 Å². The molecule has 4 nitrogen and oxygen atoms in total. The van der Waals surface area contributed by atoms with Crippen LogP contribution in [0.2, 0.25) is 0 Å².